The Morgan fingerprint density at radius 2 is 1.30 bits per heavy atom. The molecule has 4 heterocycles. The molecule has 0 aliphatic rings. The van der Waals surface area contributed by atoms with Crippen molar-refractivity contribution in [2.24, 2.45) is 5.73 Å². The van der Waals surface area contributed by atoms with E-state index in [9.17, 15) is 28.6 Å². The number of hydrogen-bond acceptors (Lipinski definition) is 13. The summed E-state index contributed by atoms with van der Waals surface area (Å²) >= 11 is 0. The predicted octanol–water partition coefficient (Wildman–Crippen LogP) is 5.82. The van der Waals surface area contributed by atoms with Gasteiger partial charge in [0.1, 0.15) is 40.2 Å². The van der Waals surface area contributed by atoms with E-state index >= 15 is 0 Å². The Morgan fingerprint density at radius 3 is 1.80 bits per heavy atom. The number of carbonyl (C=O) groups is 4. The number of primary amides is 1. The molecule has 5 N–H and O–H groups in total. The number of allylic oxidation sites excluding steroid dienone is 2. The summed E-state index contributed by atoms with van der Waals surface area (Å²) in [7, 11) is -2.80. The molecule has 0 aliphatic heterocycles. The fraction of sp³-hybridized carbons (Fsp3) is 0.381. The van der Waals surface area contributed by atoms with Crippen molar-refractivity contribution in [3.8, 4) is 11.5 Å². The summed E-state index contributed by atoms with van der Waals surface area (Å²) in [5.41, 5.74) is 9.59. The van der Waals surface area contributed by atoms with E-state index in [-0.39, 0.29) is 68.1 Å². The average molecular weight is 902 g/mol. The first-order chi connectivity index (χ1) is 30.7. The number of benzene rings is 2. The Morgan fingerprint density at radius 1 is 0.766 bits per heavy atom. The predicted molar refractivity (Wildman–Crippen MR) is 237 cm³/mol. The van der Waals surface area contributed by atoms with E-state index in [1.807, 2.05) is 20.8 Å². The smallest absolute Gasteiger partial charge is 0.472 e. The third kappa shape index (κ3) is 10.7. The van der Waals surface area contributed by atoms with Crippen molar-refractivity contribution in [1.29, 1.82) is 0 Å². The second-order valence-electron chi connectivity index (χ2n) is 14.6. The lowest BCUT2D eigenvalue weighted by molar-refractivity contribution is 0.0994. The number of rotatable bonds is 23. The van der Waals surface area contributed by atoms with Crippen LogP contribution in [0.5, 0.6) is 11.5 Å². The van der Waals surface area contributed by atoms with Gasteiger partial charge in [-0.3, -0.25) is 48.2 Å². The number of aromatic nitrogens is 8. The van der Waals surface area contributed by atoms with Crippen LogP contribution in [0.4, 0.5) is 11.9 Å². The quantitative estimate of drug-likeness (QED) is 0.0256. The molecule has 0 radical (unpaired) electrons. The molecule has 2 aromatic carbocycles. The summed E-state index contributed by atoms with van der Waals surface area (Å²) in [6, 6.07) is 9.45. The van der Waals surface area contributed by atoms with E-state index in [0.29, 0.717) is 76.4 Å². The zero-order chi connectivity index (χ0) is 46.1. The number of hydrogen-bond donors (Lipinski definition) is 4. The van der Waals surface area contributed by atoms with Gasteiger partial charge in [-0.05, 0) is 70.5 Å². The second-order valence-corrected chi connectivity index (χ2v) is 16.0. The van der Waals surface area contributed by atoms with Crippen molar-refractivity contribution in [3.05, 3.63) is 82.5 Å². The minimum Gasteiger partial charge on any atom is -0.494 e. The van der Waals surface area contributed by atoms with Gasteiger partial charge in [0.15, 0.2) is 0 Å². The Kier molecular flexibility index (Phi) is 15.1. The molecule has 340 valence electrons. The van der Waals surface area contributed by atoms with Crippen LogP contribution in [0.2, 0.25) is 0 Å². The molecule has 22 heteroatoms. The fourth-order valence-corrected chi connectivity index (χ4v) is 7.71. The van der Waals surface area contributed by atoms with E-state index < -0.39 is 25.5 Å². The summed E-state index contributed by atoms with van der Waals surface area (Å²) in [6.45, 7) is 10.3. The lowest BCUT2D eigenvalue weighted by Crippen LogP contribution is -2.20. The van der Waals surface area contributed by atoms with Crippen molar-refractivity contribution < 1.29 is 47.2 Å². The van der Waals surface area contributed by atoms with E-state index in [1.54, 1.807) is 62.7 Å². The average Bonchev–Trinajstić information content (AvgIpc) is 4.03. The molecule has 1 atom stereocenters. The maximum atomic E-state index is 13.8. The van der Waals surface area contributed by atoms with Crippen molar-refractivity contribution >= 4 is 65.8 Å². The molecule has 6 aromatic rings. The maximum Gasteiger partial charge on any atom is 0.472 e. The van der Waals surface area contributed by atoms with Gasteiger partial charge in [0.2, 0.25) is 17.8 Å². The molecule has 0 aliphatic carbocycles. The summed E-state index contributed by atoms with van der Waals surface area (Å²) in [6.07, 6.45) is 5.83. The second kappa shape index (κ2) is 20.7. The summed E-state index contributed by atoms with van der Waals surface area (Å²) in [4.78, 5) is 71.2. The summed E-state index contributed by atoms with van der Waals surface area (Å²) in [5, 5.41) is 14.6. The number of nitrogens with zero attached hydrogens (tertiary/aromatic N) is 8. The van der Waals surface area contributed by atoms with E-state index in [1.165, 1.54) is 25.3 Å². The molecule has 0 bridgehead atoms. The number of amides is 3. The summed E-state index contributed by atoms with van der Waals surface area (Å²) in [5.74, 6) is -0.783. The van der Waals surface area contributed by atoms with Gasteiger partial charge < -0.3 is 29.2 Å². The van der Waals surface area contributed by atoms with Gasteiger partial charge in [0.05, 0.1) is 49.4 Å². The number of methoxy groups -OCH3 is 1. The Labute approximate surface area is 368 Å². The number of imidazole rings is 2. The maximum absolute atomic E-state index is 13.8. The monoisotopic (exact) mass is 901 g/mol. The number of nitrogens with one attached hydrogen (secondary N) is 2. The molecule has 0 spiro atoms. The Hall–Kier alpha value is -6.67. The van der Waals surface area contributed by atoms with Crippen LogP contribution in [0.25, 0.3) is 22.1 Å². The molecular formula is C42H52N11O10P. The van der Waals surface area contributed by atoms with Gasteiger partial charge in [-0.25, -0.2) is 14.5 Å². The normalized spacial score (nSPS) is 12.5. The highest BCUT2D eigenvalue weighted by Gasteiger charge is 2.24. The molecule has 3 amide bonds. The van der Waals surface area contributed by atoms with Gasteiger partial charge in [-0.2, -0.15) is 10.2 Å². The first kappa shape index (κ1) is 46.8. The highest BCUT2D eigenvalue weighted by atomic mass is 31.2. The number of unbranched alkanes of at least 4 members (excludes halogenated alkanes) is 1. The first-order valence-corrected chi connectivity index (χ1v) is 22.2. The van der Waals surface area contributed by atoms with Crippen molar-refractivity contribution in [2.75, 3.05) is 37.6 Å². The van der Waals surface area contributed by atoms with Crippen molar-refractivity contribution in [1.82, 2.24) is 38.7 Å². The topological polar surface area (TPSA) is 264 Å². The van der Waals surface area contributed by atoms with Gasteiger partial charge in [-0.1, -0.05) is 25.5 Å². The Bertz CT molecular complexity index is 2770. The van der Waals surface area contributed by atoms with Crippen molar-refractivity contribution in [2.45, 2.75) is 80.1 Å². The van der Waals surface area contributed by atoms with Crippen LogP contribution in [0.15, 0.2) is 48.6 Å². The minimum atomic E-state index is -4.25. The van der Waals surface area contributed by atoms with Crippen LogP contribution >= 0.6 is 7.82 Å². The number of fused-ring (bicyclic) bond motifs is 2. The number of phosphoric acid groups is 1. The molecule has 6 rings (SSSR count). The van der Waals surface area contributed by atoms with Gasteiger partial charge in [0, 0.05) is 43.7 Å². The lowest BCUT2D eigenvalue weighted by Gasteiger charge is -2.14. The van der Waals surface area contributed by atoms with Crippen LogP contribution in [0.1, 0.15) is 93.1 Å². The molecule has 1 unspecified atom stereocenters. The number of nitrogens with two attached hydrogens (primary N) is 1. The van der Waals surface area contributed by atoms with Crippen LogP contribution in [0, 0.1) is 13.8 Å². The fourth-order valence-electron chi connectivity index (χ4n) is 6.92. The van der Waals surface area contributed by atoms with Crippen LogP contribution in [-0.2, 0) is 39.8 Å². The van der Waals surface area contributed by atoms with E-state index in [2.05, 4.69) is 25.8 Å². The molecular weight excluding hydrogens is 850 g/mol. The van der Waals surface area contributed by atoms with Crippen LogP contribution in [0.3, 0.4) is 0 Å². The highest BCUT2D eigenvalue weighted by Crippen LogP contribution is 2.43. The molecule has 21 nitrogen and oxygen atoms in total. The largest absolute Gasteiger partial charge is 0.494 e. The molecule has 64 heavy (non-hydrogen) atoms. The zero-order valence-corrected chi connectivity index (χ0v) is 37.4. The molecule has 0 saturated carbocycles. The molecule has 0 fully saturated rings. The van der Waals surface area contributed by atoms with E-state index in [4.69, 9.17) is 29.2 Å². The van der Waals surface area contributed by atoms with Crippen molar-refractivity contribution in [3.63, 3.8) is 0 Å². The number of anilines is 2. The van der Waals surface area contributed by atoms with Gasteiger partial charge in [-0.15, -0.1) is 0 Å². The van der Waals surface area contributed by atoms with Crippen LogP contribution < -0.4 is 25.8 Å². The minimum absolute atomic E-state index is 0.0180. The third-order valence-corrected chi connectivity index (χ3v) is 10.9. The standard InChI is InChI=1S/C42H52N11O10P/c1-7-10-17-62-64(58,59)63-18-13-16-61-35-22-28(25-54)21-30-37(35)51(41(44-30)46-39(56)32-19-26(4)48-52(32)8-2)15-12-11-14-50-36-31(23-29(38(43)55)24-34(36)60-6)45-42(50)47-40(57)33-20-27(5)49-53(33)9-3/h11-12,19-25H,7-10,13-18H2,1-6H3,(H2,43,55)(H,58,59)(H,44,46,56)(H,45,47,57)/b12-11+. The Balaban J connectivity index is 1.35. The number of aryl methyl sites for hydroxylation is 4. The van der Waals surface area contributed by atoms with Crippen LogP contribution in [-0.4, -0.2) is 94.5 Å². The van der Waals surface area contributed by atoms with Gasteiger partial charge >= 0.3 is 7.82 Å². The lowest BCUT2D eigenvalue weighted by atomic mass is 10.1. The number of aldehydes is 1. The molecule has 0 saturated heterocycles. The summed E-state index contributed by atoms with van der Waals surface area (Å²) < 4.78 is 40.8. The molecule has 4 aromatic heterocycles. The highest BCUT2D eigenvalue weighted by molar-refractivity contribution is 7.47. The van der Waals surface area contributed by atoms with Gasteiger partial charge in [0.25, 0.3) is 11.8 Å². The van der Waals surface area contributed by atoms with E-state index in [0.717, 1.165) is 6.42 Å². The third-order valence-electron chi connectivity index (χ3n) is 9.89. The number of ether oxygens (including phenoxy) is 2. The number of carbonyl (C=O) groups excluding carboxylic acids is 4. The SMILES string of the molecule is CCCCOP(=O)(O)OCCCOc1cc(C=O)cc2nc(NC(=O)c3cc(C)nn3CC)n(C/C=C/Cn3c(NC(=O)c4cc(C)nn4CC)nc4cc(C(N)=O)cc(OC)c43)c12. The first-order valence-electron chi connectivity index (χ1n) is 20.7. The zero-order valence-electron chi connectivity index (χ0n) is 36.5. The number of phosphoric ester groups is 1.